The average Bonchev–Trinajstić information content (AvgIpc) is 2.50. The second-order valence-corrected chi connectivity index (χ2v) is 5.43. The van der Waals surface area contributed by atoms with E-state index < -0.39 is 34.2 Å². The predicted octanol–water partition coefficient (Wildman–Crippen LogP) is 4.17. The van der Waals surface area contributed by atoms with Crippen molar-refractivity contribution in [3.05, 3.63) is 44.6 Å². The summed E-state index contributed by atoms with van der Waals surface area (Å²) in [7, 11) is 0. The van der Waals surface area contributed by atoms with Crippen molar-refractivity contribution in [2.45, 2.75) is 6.18 Å². The highest BCUT2D eigenvalue weighted by Gasteiger charge is 2.39. The number of hydrogen-bond acceptors (Lipinski definition) is 6. The Bertz CT molecular complexity index is 892. The van der Waals surface area contributed by atoms with Gasteiger partial charge in [-0.1, -0.05) is 23.2 Å². The van der Waals surface area contributed by atoms with Crippen molar-refractivity contribution in [2.75, 3.05) is 11.1 Å². The molecule has 26 heavy (non-hydrogen) atoms. The number of aromatic nitrogens is 1. The molecule has 0 radical (unpaired) electrons. The molecule has 0 fully saturated rings. The number of anilines is 2. The van der Waals surface area contributed by atoms with Crippen molar-refractivity contribution in [2.24, 2.45) is 0 Å². The van der Waals surface area contributed by atoms with Crippen molar-refractivity contribution < 1.29 is 27.6 Å². The maximum atomic E-state index is 12.4. The fourth-order valence-corrected chi connectivity index (χ4v) is 2.20. The predicted molar refractivity (Wildman–Crippen MR) is 86.5 cm³/mol. The zero-order valence-corrected chi connectivity index (χ0v) is 13.8. The van der Waals surface area contributed by atoms with Crippen molar-refractivity contribution >= 4 is 46.3 Å². The van der Waals surface area contributed by atoms with Gasteiger partial charge in [-0.25, -0.2) is 4.98 Å². The van der Waals surface area contributed by atoms with Gasteiger partial charge in [-0.15, -0.1) is 0 Å². The summed E-state index contributed by atoms with van der Waals surface area (Å²) < 4.78 is 42.4. The van der Waals surface area contributed by atoms with Gasteiger partial charge in [-0.05, 0) is 6.07 Å². The third kappa shape index (κ3) is 4.24. The minimum absolute atomic E-state index is 0.176. The van der Waals surface area contributed by atoms with Crippen LogP contribution in [-0.2, 0) is 4.79 Å². The first-order valence-electron chi connectivity index (χ1n) is 6.44. The Balaban J connectivity index is 2.43. The van der Waals surface area contributed by atoms with Crippen LogP contribution in [0.15, 0.2) is 24.4 Å². The van der Waals surface area contributed by atoms with Gasteiger partial charge >= 0.3 is 17.8 Å². The average molecular weight is 411 g/mol. The topological polar surface area (TPSA) is 120 Å². The summed E-state index contributed by atoms with van der Waals surface area (Å²) in [6.45, 7) is 0. The van der Waals surface area contributed by atoms with Gasteiger partial charge in [0.25, 0.3) is 0 Å². The first-order valence-corrected chi connectivity index (χ1v) is 7.20. The molecule has 0 saturated heterocycles. The lowest BCUT2D eigenvalue weighted by Crippen LogP contribution is -2.30. The van der Waals surface area contributed by atoms with E-state index in [0.717, 1.165) is 24.4 Å². The summed E-state index contributed by atoms with van der Waals surface area (Å²) in [4.78, 5) is 24.8. The number of ether oxygens (including phenoxy) is 1. The molecular formula is C13H7Cl2F3N4O4. The van der Waals surface area contributed by atoms with Crippen LogP contribution in [0.3, 0.4) is 0 Å². The highest BCUT2D eigenvalue weighted by Crippen LogP contribution is 2.40. The number of nitrogens with one attached hydrogen (secondary N) is 1. The van der Waals surface area contributed by atoms with Gasteiger partial charge in [0.1, 0.15) is 5.75 Å². The standard InChI is InChI=1S/C13H7Cl2F3N4O4/c14-5-3-6(15)9(4-7(5)21-12(23)13(16,17)18)26-8-1-2-20-11(19)10(8)22(24)25/h1-4H,(H2,19,20)(H,21,23). The van der Waals surface area contributed by atoms with E-state index in [0.29, 0.717) is 0 Å². The Hall–Kier alpha value is -2.79. The number of carbonyl (C=O) groups is 1. The van der Waals surface area contributed by atoms with Crippen LogP contribution in [0.5, 0.6) is 11.5 Å². The number of nitrogens with two attached hydrogens (primary N) is 1. The molecule has 2 rings (SSSR count). The normalized spacial score (nSPS) is 11.1. The van der Waals surface area contributed by atoms with E-state index in [1.54, 1.807) is 5.32 Å². The summed E-state index contributed by atoms with van der Waals surface area (Å²) in [6.07, 6.45) is -4.03. The maximum Gasteiger partial charge on any atom is 0.471 e. The van der Waals surface area contributed by atoms with Crippen LogP contribution in [-0.4, -0.2) is 22.0 Å². The zero-order valence-electron chi connectivity index (χ0n) is 12.3. The highest BCUT2D eigenvalue weighted by atomic mass is 35.5. The fourth-order valence-electron chi connectivity index (χ4n) is 1.73. The molecule has 1 amide bonds. The molecule has 2 aromatic rings. The lowest BCUT2D eigenvalue weighted by Gasteiger charge is -2.13. The van der Waals surface area contributed by atoms with Crippen LogP contribution in [0.1, 0.15) is 0 Å². The van der Waals surface area contributed by atoms with E-state index in [-0.39, 0.29) is 21.5 Å². The monoisotopic (exact) mass is 410 g/mol. The molecule has 0 unspecified atom stereocenters. The van der Waals surface area contributed by atoms with Crippen LogP contribution in [0.2, 0.25) is 10.0 Å². The van der Waals surface area contributed by atoms with Gasteiger partial charge in [0.2, 0.25) is 11.6 Å². The van der Waals surface area contributed by atoms with Crippen LogP contribution in [0.4, 0.5) is 30.4 Å². The number of pyridine rings is 1. The number of alkyl halides is 3. The van der Waals surface area contributed by atoms with Crippen molar-refractivity contribution in [3.8, 4) is 11.5 Å². The van der Waals surface area contributed by atoms with Gasteiger partial charge in [0.05, 0.1) is 20.7 Å². The summed E-state index contributed by atoms with van der Waals surface area (Å²) in [6, 6.07) is 2.99. The Kier molecular flexibility index (Phi) is 5.42. The first kappa shape index (κ1) is 19.5. The molecule has 1 heterocycles. The van der Waals surface area contributed by atoms with Crippen LogP contribution in [0, 0.1) is 10.1 Å². The number of halogens is 5. The van der Waals surface area contributed by atoms with Gasteiger partial charge in [-0.3, -0.25) is 14.9 Å². The zero-order chi connectivity index (χ0) is 19.6. The van der Waals surface area contributed by atoms with Gasteiger partial charge < -0.3 is 15.8 Å². The number of nitrogen functional groups attached to an aromatic ring is 1. The summed E-state index contributed by atoms with van der Waals surface area (Å²) in [5.74, 6) is -3.38. The van der Waals surface area contributed by atoms with Crippen LogP contribution in [0.25, 0.3) is 0 Å². The van der Waals surface area contributed by atoms with Gasteiger partial charge in [0.15, 0.2) is 0 Å². The molecule has 0 aliphatic rings. The van der Waals surface area contributed by atoms with E-state index in [9.17, 15) is 28.1 Å². The molecule has 3 N–H and O–H groups in total. The van der Waals surface area contributed by atoms with E-state index in [1.165, 1.54) is 0 Å². The van der Waals surface area contributed by atoms with Crippen LogP contribution < -0.4 is 15.8 Å². The van der Waals surface area contributed by atoms with E-state index in [4.69, 9.17) is 33.7 Å². The summed E-state index contributed by atoms with van der Waals surface area (Å²) in [5, 5.41) is 12.1. The number of amides is 1. The third-order valence-corrected chi connectivity index (χ3v) is 3.45. The molecule has 0 aliphatic heterocycles. The van der Waals surface area contributed by atoms with E-state index >= 15 is 0 Å². The largest absolute Gasteiger partial charge is 0.471 e. The Morgan fingerprint density at radius 2 is 1.92 bits per heavy atom. The molecule has 8 nitrogen and oxygen atoms in total. The number of benzene rings is 1. The van der Waals surface area contributed by atoms with Crippen LogP contribution >= 0.6 is 23.2 Å². The molecule has 0 bridgehead atoms. The number of hydrogen-bond donors (Lipinski definition) is 2. The molecule has 1 aromatic heterocycles. The molecule has 0 atom stereocenters. The maximum absolute atomic E-state index is 12.4. The Labute approximate surface area is 152 Å². The number of carbonyl (C=O) groups excluding carboxylic acids is 1. The molecule has 0 saturated carbocycles. The number of rotatable bonds is 4. The summed E-state index contributed by atoms with van der Waals surface area (Å²) in [5.41, 5.74) is 4.29. The molecule has 138 valence electrons. The second-order valence-electron chi connectivity index (χ2n) is 4.62. The van der Waals surface area contributed by atoms with Gasteiger partial charge in [0, 0.05) is 18.3 Å². The lowest BCUT2D eigenvalue weighted by atomic mass is 10.2. The molecule has 1 aromatic carbocycles. The fraction of sp³-hybridized carbons (Fsp3) is 0.0769. The smallest absolute Gasteiger partial charge is 0.448 e. The van der Waals surface area contributed by atoms with Crippen molar-refractivity contribution in [3.63, 3.8) is 0 Å². The van der Waals surface area contributed by atoms with Gasteiger partial charge in [-0.2, -0.15) is 13.2 Å². The summed E-state index contributed by atoms with van der Waals surface area (Å²) >= 11 is 11.6. The Morgan fingerprint density at radius 3 is 2.50 bits per heavy atom. The number of nitrogens with zero attached hydrogens (tertiary/aromatic N) is 2. The molecule has 13 heteroatoms. The molecular weight excluding hydrogens is 404 g/mol. The minimum Gasteiger partial charge on any atom is -0.448 e. The Morgan fingerprint density at radius 1 is 1.27 bits per heavy atom. The van der Waals surface area contributed by atoms with E-state index in [1.807, 2.05) is 0 Å². The SMILES string of the molecule is Nc1nccc(Oc2cc(NC(=O)C(F)(F)F)c(Cl)cc2Cl)c1[N+](=O)[O-]. The molecule has 0 spiro atoms. The highest BCUT2D eigenvalue weighted by molar-refractivity contribution is 6.37. The quantitative estimate of drug-likeness (QED) is 0.576. The van der Waals surface area contributed by atoms with E-state index in [2.05, 4.69) is 4.98 Å². The first-order chi connectivity index (χ1) is 12.0. The molecule has 0 aliphatic carbocycles. The minimum atomic E-state index is -5.15. The van der Waals surface area contributed by atoms with Crippen molar-refractivity contribution in [1.29, 1.82) is 0 Å². The van der Waals surface area contributed by atoms with Crippen molar-refractivity contribution in [1.82, 2.24) is 4.98 Å². The lowest BCUT2D eigenvalue weighted by molar-refractivity contribution is -0.384. The number of nitro groups is 1. The third-order valence-electron chi connectivity index (χ3n) is 2.85. The second kappa shape index (κ2) is 7.22.